The normalized spacial score (nSPS) is 14.9. The van der Waals surface area contributed by atoms with Crippen molar-refractivity contribution >= 4 is 34.9 Å². The Kier molecular flexibility index (Phi) is 7.74. The molecule has 0 radical (unpaired) electrons. The van der Waals surface area contributed by atoms with Crippen LogP contribution in [0.3, 0.4) is 0 Å². The SMILES string of the molecule is COC(=O)c1ccc2c(c1)NC(=O)C2C(=Nc1ccc(CN(C)C)cc1)c1ccc(CCC(=O)O)nc1. The number of aliphatic carboxylic acids is 1. The molecule has 2 N–H and O–H groups in total. The van der Waals surface area contributed by atoms with E-state index < -0.39 is 17.9 Å². The molecule has 9 nitrogen and oxygen atoms in total. The van der Waals surface area contributed by atoms with Crippen molar-refractivity contribution in [2.75, 3.05) is 26.5 Å². The van der Waals surface area contributed by atoms with E-state index in [0.29, 0.717) is 45.9 Å². The number of hydrogen-bond acceptors (Lipinski definition) is 7. The first kappa shape index (κ1) is 25.7. The number of nitrogens with one attached hydrogen (secondary N) is 1. The molecule has 0 aliphatic carbocycles. The van der Waals surface area contributed by atoms with Gasteiger partial charge in [0.2, 0.25) is 5.91 Å². The van der Waals surface area contributed by atoms with Gasteiger partial charge in [-0.1, -0.05) is 18.2 Å². The number of aryl methyl sites for hydroxylation is 1. The minimum Gasteiger partial charge on any atom is -0.481 e. The molecule has 0 spiro atoms. The van der Waals surface area contributed by atoms with Gasteiger partial charge in [-0.2, -0.15) is 0 Å². The molecular weight excluding hydrogens is 472 g/mol. The Balaban J connectivity index is 1.75. The maximum atomic E-state index is 13.2. The maximum absolute atomic E-state index is 13.2. The highest BCUT2D eigenvalue weighted by atomic mass is 16.5. The van der Waals surface area contributed by atoms with Crippen molar-refractivity contribution in [3.05, 3.63) is 88.7 Å². The van der Waals surface area contributed by atoms with Gasteiger partial charge in [-0.25, -0.2) is 4.79 Å². The number of aliphatic imine (C=N–C) groups is 1. The molecule has 1 atom stereocenters. The molecule has 2 heterocycles. The quantitative estimate of drug-likeness (QED) is 0.339. The topological polar surface area (TPSA) is 121 Å². The average Bonchev–Trinajstić information content (AvgIpc) is 3.21. The van der Waals surface area contributed by atoms with Crippen molar-refractivity contribution < 1.29 is 24.2 Å². The second-order valence-electron chi connectivity index (χ2n) is 9.05. The van der Waals surface area contributed by atoms with Gasteiger partial charge >= 0.3 is 11.9 Å². The van der Waals surface area contributed by atoms with Gasteiger partial charge in [0.15, 0.2) is 0 Å². The van der Waals surface area contributed by atoms with E-state index in [2.05, 4.69) is 15.2 Å². The molecule has 0 saturated carbocycles. The van der Waals surface area contributed by atoms with E-state index in [1.807, 2.05) is 38.4 Å². The molecule has 1 aliphatic heterocycles. The summed E-state index contributed by atoms with van der Waals surface area (Å²) in [6.45, 7) is 0.791. The summed E-state index contributed by atoms with van der Waals surface area (Å²) in [6.07, 6.45) is 1.90. The maximum Gasteiger partial charge on any atom is 0.337 e. The minimum absolute atomic E-state index is 0.0203. The number of aromatic nitrogens is 1. The minimum atomic E-state index is -0.892. The molecule has 0 saturated heterocycles. The van der Waals surface area contributed by atoms with Crippen LogP contribution in [0.5, 0.6) is 0 Å². The van der Waals surface area contributed by atoms with E-state index in [-0.39, 0.29) is 12.3 Å². The van der Waals surface area contributed by atoms with Gasteiger partial charge in [0.05, 0.1) is 30.5 Å². The van der Waals surface area contributed by atoms with E-state index in [1.165, 1.54) is 7.11 Å². The lowest BCUT2D eigenvalue weighted by atomic mass is 9.90. The predicted molar refractivity (Wildman–Crippen MR) is 139 cm³/mol. The first-order chi connectivity index (χ1) is 17.7. The van der Waals surface area contributed by atoms with Crippen molar-refractivity contribution in [3.63, 3.8) is 0 Å². The van der Waals surface area contributed by atoms with Crippen LogP contribution < -0.4 is 5.32 Å². The van der Waals surface area contributed by atoms with Gasteiger partial charge in [0.1, 0.15) is 5.92 Å². The number of anilines is 1. The van der Waals surface area contributed by atoms with Crippen LogP contribution in [0.15, 0.2) is 65.8 Å². The van der Waals surface area contributed by atoms with Crippen LogP contribution in [-0.4, -0.2) is 59.8 Å². The molecule has 1 aromatic heterocycles. The summed E-state index contributed by atoms with van der Waals surface area (Å²) in [5.74, 6) is -2.38. The second-order valence-corrected chi connectivity index (χ2v) is 9.05. The zero-order valence-corrected chi connectivity index (χ0v) is 20.9. The molecule has 9 heteroatoms. The van der Waals surface area contributed by atoms with Gasteiger partial charge in [0.25, 0.3) is 0 Å². The van der Waals surface area contributed by atoms with Crippen LogP contribution in [-0.2, 0) is 27.3 Å². The summed E-state index contributed by atoms with van der Waals surface area (Å²) in [5, 5.41) is 11.8. The van der Waals surface area contributed by atoms with Gasteiger partial charge in [-0.3, -0.25) is 19.6 Å². The van der Waals surface area contributed by atoms with Crippen molar-refractivity contribution in [2.45, 2.75) is 25.3 Å². The highest BCUT2D eigenvalue weighted by Gasteiger charge is 2.36. The molecule has 4 rings (SSSR count). The van der Waals surface area contributed by atoms with Crippen LogP contribution >= 0.6 is 0 Å². The Labute approximate surface area is 214 Å². The van der Waals surface area contributed by atoms with Gasteiger partial charge < -0.3 is 20.1 Å². The van der Waals surface area contributed by atoms with E-state index in [0.717, 1.165) is 12.1 Å². The summed E-state index contributed by atoms with van der Waals surface area (Å²) in [5.41, 5.74) is 5.14. The lowest BCUT2D eigenvalue weighted by Gasteiger charge is -2.15. The lowest BCUT2D eigenvalue weighted by molar-refractivity contribution is -0.137. The smallest absolute Gasteiger partial charge is 0.337 e. The zero-order chi connectivity index (χ0) is 26.5. The lowest BCUT2D eigenvalue weighted by Crippen LogP contribution is -2.22. The number of nitrogens with zero attached hydrogens (tertiary/aromatic N) is 3. The van der Waals surface area contributed by atoms with Crippen LogP contribution in [0.25, 0.3) is 0 Å². The number of pyridine rings is 1. The number of benzene rings is 2. The number of ether oxygens (including phenoxy) is 1. The Morgan fingerprint density at radius 1 is 1.08 bits per heavy atom. The number of fused-ring (bicyclic) bond motifs is 1. The number of esters is 1. The molecular formula is C28H28N4O5. The molecule has 1 aliphatic rings. The Morgan fingerprint density at radius 3 is 2.43 bits per heavy atom. The number of carbonyl (C=O) groups excluding carboxylic acids is 2. The predicted octanol–water partition coefficient (Wildman–Crippen LogP) is 3.80. The van der Waals surface area contributed by atoms with Gasteiger partial charge in [-0.05, 0) is 61.6 Å². The number of methoxy groups -OCH3 is 1. The number of carboxylic acid groups (broad SMARTS) is 1. The first-order valence-electron chi connectivity index (χ1n) is 11.8. The van der Waals surface area contributed by atoms with Crippen LogP contribution in [0.4, 0.5) is 11.4 Å². The van der Waals surface area contributed by atoms with Crippen molar-refractivity contribution in [2.24, 2.45) is 4.99 Å². The Morgan fingerprint density at radius 2 is 1.81 bits per heavy atom. The fourth-order valence-electron chi connectivity index (χ4n) is 4.21. The molecule has 0 fully saturated rings. The van der Waals surface area contributed by atoms with E-state index in [1.54, 1.807) is 36.5 Å². The fraction of sp³-hybridized carbons (Fsp3) is 0.250. The molecule has 1 unspecified atom stereocenters. The molecule has 190 valence electrons. The Hall–Kier alpha value is -4.37. The largest absolute Gasteiger partial charge is 0.481 e. The van der Waals surface area contributed by atoms with Gasteiger partial charge in [-0.15, -0.1) is 0 Å². The molecule has 3 aromatic rings. The van der Waals surface area contributed by atoms with Crippen molar-refractivity contribution in [3.8, 4) is 0 Å². The highest BCUT2D eigenvalue weighted by Crippen LogP contribution is 2.37. The average molecular weight is 501 g/mol. The van der Waals surface area contributed by atoms with Gasteiger partial charge in [0, 0.05) is 36.1 Å². The molecule has 1 amide bonds. The third-order valence-corrected chi connectivity index (χ3v) is 5.98. The van der Waals surface area contributed by atoms with E-state index in [4.69, 9.17) is 14.8 Å². The number of carboxylic acids is 1. The molecule has 37 heavy (non-hydrogen) atoms. The molecule has 0 bridgehead atoms. The number of rotatable bonds is 9. The van der Waals surface area contributed by atoms with Crippen LogP contribution in [0.1, 0.15) is 45.1 Å². The third-order valence-electron chi connectivity index (χ3n) is 5.98. The van der Waals surface area contributed by atoms with E-state index in [9.17, 15) is 14.4 Å². The number of amides is 1. The standard InChI is InChI=1S/C28H28N4O5/c1-32(2)16-17-4-8-21(9-5-17)30-26(19-6-10-20(29-15-19)11-13-24(33)34)25-22-12-7-18(28(36)37-3)14-23(22)31-27(25)35/h4-10,12,14-15,25H,11,13,16H2,1-3H3,(H,31,35)(H,33,34). The summed E-state index contributed by atoms with van der Waals surface area (Å²) in [7, 11) is 5.30. The first-order valence-corrected chi connectivity index (χ1v) is 11.8. The summed E-state index contributed by atoms with van der Waals surface area (Å²) in [4.78, 5) is 47.5. The number of carbonyl (C=O) groups is 3. The second kappa shape index (κ2) is 11.1. The molecule has 2 aromatic carbocycles. The zero-order valence-electron chi connectivity index (χ0n) is 20.9. The monoisotopic (exact) mass is 500 g/mol. The summed E-state index contributed by atoms with van der Waals surface area (Å²) in [6, 6.07) is 16.3. The highest BCUT2D eigenvalue weighted by molar-refractivity contribution is 6.24. The Bertz CT molecular complexity index is 1350. The summed E-state index contributed by atoms with van der Waals surface area (Å²) >= 11 is 0. The van der Waals surface area contributed by atoms with Crippen LogP contribution in [0.2, 0.25) is 0 Å². The van der Waals surface area contributed by atoms with E-state index >= 15 is 0 Å². The third kappa shape index (κ3) is 6.07. The van der Waals surface area contributed by atoms with Crippen molar-refractivity contribution in [1.29, 1.82) is 0 Å². The van der Waals surface area contributed by atoms with Crippen LogP contribution in [0, 0.1) is 0 Å². The fourth-order valence-corrected chi connectivity index (χ4v) is 4.21. The summed E-state index contributed by atoms with van der Waals surface area (Å²) < 4.78 is 4.80. The number of hydrogen-bond donors (Lipinski definition) is 2. The van der Waals surface area contributed by atoms with Crippen molar-refractivity contribution in [1.82, 2.24) is 9.88 Å².